The Morgan fingerprint density at radius 2 is 0.533 bits per heavy atom. The second-order valence-corrected chi connectivity index (χ2v) is 29.7. The first kappa shape index (κ1) is 88.1. The van der Waals surface area contributed by atoms with Gasteiger partial charge in [0.1, 0.15) is 19.3 Å². The van der Waals surface area contributed by atoms with Crippen molar-refractivity contribution in [2.45, 2.75) is 369 Å². The molecule has 0 rings (SSSR count). The van der Waals surface area contributed by atoms with E-state index in [2.05, 4.69) is 55.4 Å². The van der Waals surface area contributed by atoms with E-state index in [0.29, 0.717) is 31.6 Å². The van der Waals surface area contributed by atoms with Crippen molar-refractivity contribution in [3.05, 3.63) is 0 Å². The Hall–Kier alpha value is -1.94. The molecule has 0 amide bonds. The summed E-state index contributed by atoms with van der Waals surface area (Å²) < 4.78 is 68.3. The Morgan fingerprint density at radius 3 is 0.789 bits per heavy atom. The van der Waals surface area contributed by atoms with Crippen LogP contribution < -0.4 is 0 Å². The highest BCUT2D eigenvalue weighted by Gasteiger charge is 2.30. The number of unbranched alkanes of at least 4 members (excludes halogenated alkanes) is 31. The van der Waals surface area contributed by atoms with Gasteiger partial charge in [-0.05, 0) is 49.4 Å². The maximum atomic E-state index is 13.0. The molecule has 534 valence electrons. The highest BCUT2D eigenvalue weighted by molar-refractivity contribution is 7.47. The summed E-state index contributed by atoms with van der Waals surface area (Å²) in [4.78, 5) is 72.6. The van der Waals surface area contributed by atoms with Gasteiger partial charge in [-0.25, -0.2) is 9.13 Å². The van der Waals surface area contributed by atoms with E-state index in [4.69, 9.17) is 37.0 Å². The van der Waals surface area contributed by atoms with Crippen LogP contribution in [0.4, 0.5) is 0 Å². The van der Waals surface area contributed by atoms with Gasteiger partial charge in [0.25, 0.3) is 0 Å². The van der Waals surface area contributed by atoms with Crippen LogP contribution >= 0.6 is 15.6 Å². The largest absolute Gasteiger partial charge is 0.472 e. The predicted octanol–water partition coefficient (Wildman–Crippen LogP) is 20.1. The zero-order valence-corrected chi connectivity index (χ0v) is 60.6. The van der Waals surface area contributed by atoms with Crippen LogP contribution in [-0.4, -0.2) is 96.7 Å². The predicted molar refractivity (Wildman–Crippen MR) is 363 cm³/mol. The van der Waals surface area contributed by atoms with Crippen LogP contribution in [0, 0.1) is 23.7 Å². The van der Waals surface area contributed by atoms with Gasteiger partial charge in [0.05, 0.1) is 26.4 Å². The summed E-state index contributed by atoms with van der Waals surface area (Å²) in [5.41, 5.74) is 0. The zero-order chi connectivity index (χ0) is 66.8. The highest BCUT2D eigenvalue weighted by Crippen LogP contribution is 2.45. The Morgan fingerprint density at radius 1 is 0.311 bits per heavy atom. The number of hydrogen-bond donors (Lipinski definition) is 3. The summed E-state index contributed by atoms with van der Waals surface area (Å²) in [7, 11) is -9.91. The lowest BCUT2D eigenvalue weighted by molar-refractivity contribution is -0.161. The fraction of sp³-hybridized carbons (Fsp3) is 0.944. The molecule has 17 nitrogen and oxygen atoms in total. The third-order valence-corrected chi connectivity index (χ3v) is 19.3. The molecule has 0 bridgehead atoms. The van der Waals surface area contributed by atoms with Crippen molar-refractivity contribution in [1.29, 1.82) is 0 Å². The van der Waals surface area contributed by atoms with Crippen molar-refractivity contribution in [3.63, 3.8) is 0 Å². The van der Waals surface area contributed by atoms with Crippen LogP contribution in [0.3, 0.4) is 0 Å². The zero-order valence-electron chi connectivity index (χ0n) is 58.8. The number of carbonyl (C=O) groups is 4. The third kappa shape index (κ3) is 61.0. The highest BCUT2D eigenvalue weighted by atomic mass is 31.2. The first-order valence-electron chi connectivity index (χ1n) is 36.8. The number of aliphatic hydroxyl groups is 1. The van der Waals surface area contributed by atoms with E-state index < -0.39 is 97.5 Å². The molecule has 0 aliphatic carbocycles. The minimum atomic E-state index is -4.95. The van der Waals surface area contributed by atoms with Gasteiger partial charge < -0.3 is 33.8 Å². The third-order valence-electron chi connectivity index (χ3n) is 17.4. The van der Waals surface area contributed by atoms with Gasteiger partial charge in [0.2, 0.25) is 0 Å². The van der Waals surface area contributed by atoms with Gasteiger partial charge in [-0.15, -0.1) is 0 Å². The molecular weight excluding hydrogens is 1190 g/mol. The first-order chi connectivity index (χ1) is 43.2. The number of esters is 4. The van der Waals surface area contributed by atoms with Crippen LogP contribution in [0.1, 0.15) is 351 Å². The average Bonchev–Trinajstić information content (AvgIpc) is 3.46. The Bertz CT molecular complexity index is 1790. The minimum Gasteiger partial charge on any atom is -0.462 e. The lowest BCUT2D eigenvalue weighted by atomic mass is 9.99. The number of aliphatic hydroxyl groups excluding tert-OH is 1. The number of carbonyl (C=O) groups excluding carboxylic acids is 4. The van der Waals surface area contributed by atoms with E-state index in [9.17, 15) is 43.2 Å². The molecular formula is C71H138O17P2. The molecule has 0 aliphatic rings. The molecule has 0 heterocycles. The Balaban J connectivity index is 5.28. The number of hydrogen-bond acceptors (Lipinski definition) is 15. The van der Waals surface area contributed by atoms with E-state index in [1.807, 2.05) is 0 Å². The summed E-state index contributed by atoms with van der Waals surface area (Å²) >= 11 is 0. The van der Waals surface area contributed by atoms with E-state index in [-0.39, 0.29) is 25.7 Å². The molecule has 0 aromatic heterocycles. The molecule has 0 fully saturated rings. The molecule has 0 aromatic carbocycles. The smallest absolute Gasteiger partial charge is 0.462 e. The molecule has 0 aliphatic heterocycles. The maximum absolute atomic E-state index is 13.0. The fourth-order valence-corrected chi connectivity index (χ4v) is 12.1. The minimum absolute atomic E-state index is 0.105. The van der Waals surface area contributed by atoms with Crippen molar-refractivity contribution in [2.24, 2.45) is 23.7 Å². The van der Waals surface area contributed by atoms with Crippen molar-refractivity contribution in [1.82, 2.24) is 0 Å². The van der Waals surface area contributed by atoms with E-state index in [0.717, 1.165) is 114 Å². The molecule has 6 unspecified atom stereocenters. The van der Waals surface area contributed by atoms with Gasteiger partial charge in [0.15, 0.2) is 12.2 Å². The summed E-state index contributed by atoms with van der Waals surface area (Å²) in [5, 5.41) is 10.6. The van der Waals surface area contributed by atoms with Gasteiger partial charge >= 0.3 is 39.5 Å². The monoisotopic (exact) mass is 1320 g/mol. The number of rotatable bonds is 68. The molecule has 0 aromatic rings. The topological polar surface area (TPSA) is 237 Å². The van der Waals surface area contributed by atoms with Crippen LogP contribution in [0.15, 0.2) is 0 Å². The van der Waals surface area contributed by atoms with Gasteiger partial charge in [0, 0.05) is 25.7 Å². The molecule has 19 heteroatoms. The maximum Gasteiger partial charge on any atom is 0.472 e. The van der Waals surface area contributed by atoms with Crippen molar-refractivity contribution < 1.29 is 80.2 Å². The van der Waals surface area contributed by atoms with Gasteiger partial charge in [-0.3, -0.25) is 37.3 Å². The second kappa shape index (κ2) is 60.7. The van der Waals surface area contributed by atoms with E-state index in [1.165, 1.54) is 148 Å². The van der Waals surface area contributed by atoms with Crippen molar-refractivity contribution >= 4 is 39.5 Å². The standard InChI is InChI=1S/C71H138O17P2/c1-9-62(6)48-40-32-24-16-12-14-18-28-37-45-53-70(75)87-66(57-81-68(73)51-43-35-27-21-20-26-34-42-50-64(8)11-3)59-85-89(77,78)83-55-65(72)56-84-90(79,80)86-60-67(58-82-69(74)52-44-36-30-22-23-31-39-47-61(4)5)88-71(76)54-46-38-29-19-15-13-17-25-33-41-49-63(7)10-2/h61-67,72H,9-60H2,1-8H3,(H,77,78)(H,79,80)/t62?,63?,64?,65?,66-,67-/m1/s1. The van der Waals surface area contributed by atoms with Crippen molar-refractivity contribution in [3.8, 4) is 0 Å². The van der Waals surface area contributed by atoms with Gasteiger partial charge in [-0.1, -0.05) is 299 Å². The summed E-state index contributed by atoms with van der Waals surface area (Å²) in [6.45, 7) is 14.2. The molecule has 90 heavy (non-hydrogen) atoms. The van der Waals surface area contributed by atoms with Crippen LogP contribution in [-0.2, 0) is 65.4 Å². The van der Waals surface area contributed by atoms with Crippen LogP contribution in [0.2, 0.25) is 0 Å². The Labute approximate surface area is 549 Å². The fourth-order valence-electron chi connectivity index (χ4n) is 10.6. The van der Waals surface area contributed by atoms with Gasteiger partial charge in [-0.2, -0.15) is 0 Å². The number of phosphoric acid groups is 2. The molecule has 0 spiro atoms. The Kier molecular flexibility index (Phi) is 59.4. The quantitative estimate of drug-likeness (QED) is 0.0222. The average molecular weight is 1330 g/mol. The number of ether oxygens (including phenoxy) is 4. The van der Waals surface area contributed by atoms with E-state index >= 15 is 0 Å². The summed E-state index contributed by atoms with van der Waals surface area (Å²) in [5.74, 6) is 0.960. The lowest BCUT2D eigenvalue weighted by Crippen LogP contribution is -2.30. The summed E-state index contributed by atoms with van der Waals surface area (Å²) in [6, 6.07) is 0. The molecule has 0 saturated carbocycles. The van der Waals surface area contributed by atoms with Crippen LogP contribution in [0.5, 0.6) is 0 Å². The summed E-state index contributed by atoms with van der Waals surface area (Å²) in [6.07, 6.45) is 42.9. The molecule has 0 saturated heterocycles. The lowest BCUT2D eigenvalue weighted by Gasteiger charge is -2.21. The molecule has 8 atom stereocenters. The molecule has 3 N–H and O–H groups in total. The van der Waals surface area contributed by atoms with E-state index in [1.54, 1.807) is 0 Å². The molecule has 0 radical (unpaired) electrons. The van der Waals surface area contributed by atoms with Crippen molar-refractivity contribution in [2.75, 3.05) is 39.6 Å². The number of phosphoric ester groups is 2. The SMILES string of the molecule is CCC(C)CCCCCCCCCCCCC(=O)O[C@H](COC(=O)CCCCCCCCCCC(C)CC)COP(=O)(O)OCC(O)COP(=O)(O)OC[C@@H](COC(=O)CCCCCCCCCC(C)C)OC(=O)CCCCCCCCCCCCC(C)CC. The second-order valence-electron chi connectivity index (χ2n) is 26.8. The van der Waals surface area contributed by atoms with Crippen LogP contribution in [0.25, 0.3) is 0 Å². The first-order valence-corrected chi connectivity index (χ1v) is 39.8. The normalized spacial score (nSPS) is 15.2.